The third-order valence-corrected chi connectivity index (χ3v) is 6.95. The number of rotatable bonds is 10. The summed E-state index contributed by atoms with van der Waals surface area (Å²) < 4.78 is 6.10. The fraction of sp³-hybridized carbons (Fsp3) is 0.682. The Labute approximate surface area is 168 Å². The third-order valence-electron chi connectivity index (χ3n) is 6.95. The topological polar surface area (TPSA) is 96.0 Å². The Morgan fingerprint density at radius 1 is 1.18 bits per heavy atom. The van der Waals surface area contributed by atoms with Crippen LogP contribution in [0.2, 0.25) is 0 Å². The highest BCUT2D eigenvalue weighted by atomic mass is 16.5. The first kappa shape index (κ1) is 22.7. The van der Waals surface area contributed by atoms with Gasteiger partial charge >= 0.3 is 5.97 Å². The smallest absolute Gasteiger partial charge is 0.320 e. The van der Waals surface area contributed by atoms with Gasteiger partial charge in [-0.2, -0.15) is 5.06 Å². The molecule has 6 heteroatoms. The van der Waals surface area contributed by atoms with Crippen LogP contribution in [0, 0.1) is 5.92 Å². The second kappa shape index (κ2) is 9.25. The van der Waals surface area contributed by atoms with Crippen LogP contribution in [0.25, 0.3) is 0 Å². The van der Waals surface area contributed by atoms with Gasteiger partial charge in [-0.15, -0.1) is 0 Å². The summed E-state index contributed by atoms with van der Waals surface area (Å²) in [5.74, 6) is -0.00262. The van der Waals surface area contributed by atoms with E-state index in [0.717, 1.165) is 43.4 Å². The van der Waals surface area contributed by atoms with Crippen LogP contribution in [-0.2, 0) is 11.2 Å². The molecule has 1 aromatic rings. The number of benzene rings is 1. The van der Waals surface area contributed by atoms with E-state index >= 15 is 0 Å². The van der Waals surface area contributed by atoms with Gasteiger partial charge in [-0.1, -0.05) is 39.8 Å². The van der Waals surface area contributed by atoms with E-state index in [0.29, 0.717) is 13.0 Å². The third kappa shape index (κ3) is 4.19. The van der Waals surface area contributed by atoms with E-state index in [4.69, 9.17) is 15.6 Å². The summed E-state index contributed by atoms with van der Waals surface area (Å²) in [6.07, 6.45) is 4.79. The van der Waals surface area contributed by atoms with Crippen LogP contribution in [-0.4, -0.2) is 45.1 Å². The lowest BCUT2D eigenvalue weighted by molar-refractivity contribution is -0.221. The maximum absolute atomic E-state index is 11.1. The van der Waals surface area contributed by atoms with E-state index in [1.165, 1.54) is 0 Å². The summed E-state index contributed by atoms with van der Waals surface area (Å²) in [5, 5.41) is 21.7. The van der Waals surface area contributed by atoms with Crippen molar-refractivity contribution in [3.05, 3.63) is 29.8 Å². The number of hydrogen-bond acceptors (Lipinski definition) is 5. The molecule has 1 unspecified atom stereocenters. The molecule has 1 saturated heterocycles. The van der Waals surface area contributed by atoms with Crippen LogP contribution in [0.4, 0.5) is 0 Å². The molecule has 0 radical (unpaired) electrons. The summed E-state index contributed by atoms with van der Waals surface area (Å²) in [5.41, 5.74) is 6.02. The van der Waals surface area contributed by atoms with Crippen LogP contribution >= 0.6 is 0 Å². The average molecular weight is 393 g/mol. The number of hydrogen-bond donors (Lipinski definition) is 3. The molecule has 2 rings (SSSR count). The van der Waals surface area contributed by atoms with Crippen molar-refractivity contribution < 1.29 is 19.8 Å². The summed E-state index contributed by atoms with van der Waals surface area (Å²) in [4.78, 5) is 10.9. The van der Waals surface area contributed by atoms with E-state index in [-0.39, 0.29) is 17.0 Å². The maximum Gasteiger partial charge on any atom is 0.320 e. The van der Waals surface area contributed by atoms with E-state index < -0.39 is 12.0 Å². The number of nitrogens with zero attached hydrogens (tertiary/aromatic N) is 1. The van der Waals surface area contributed by atoms with Crippen molar-refractivity contribution in [3.63, 3.8) is 0 Å². The summed E-state index contributed by atoms with van der Waals surface area (Å²) >= 11 is 0. The maximum atomic E-state index is 11.1. The molecule has 28 heavy (non-hydrogen) atoms. The molecule has 2 atom stereocenters. The first-order valence-electron chi connectivity index (χ1n) is 10.5. The molecule has 1 heterocycles. The molecule has 0 amide bonds. The highest BCUT2D eigenvalue weighted by molar-refractivity contribution is 5.73. The first-order chi connectivity index (χ1) is 13.3. The minimum atomic E-state index is -0.999. The highest BCUT2D eigenvalue weighted by Gasteiger charge is 2.57. The summed E-state index contributed by atoms with van der Waals surface area (Å²) in [6.45, 7) is 9.12. The molecule has 1 aliphatic heterocycles. The minimum Gasteiger partial charge on any atom is -0.493 e. The zero-order valence-corrected chi connectivity index (χ0v) is 17.6. The van der Waals surface area contributed by atoms with Crippen molar-refractivity contribution in [1.29, 1.82) is 0 Å². The Bertz CT molecular complexity index is 638. The van der Waals surface area contributed by atoms with Crippen molar-refractivity contribution in [1.82, 2.24) is 5.06 Å². The van der Waals surface area contributed by atoms with Gasteiger partial charge in [-0.05, 0) is 56.2 Å². The van der Waals surface area contributed by atoms with Crippen molar-refractivity contribution >= 4 is 5.97 Å². The van der Waals surface area contributed by atoms with E-state index in [2.05, 4.69) is 27.7 Å². The van der Waals surface area contributed by atoms with Crippen LogP contribution in [0.15, 0.2) is 24.3 Å². The molecule has 6 nitrogen and oxygen atoms in total. The van der Waals surface area contributed by atoms with Crippen LogP contribution < -0.4 is 10.5 Å². The zero-order valence-electron chi connectivity index (χ0n) is 17.6. The van der Waals surface area contributed by atoms with Gasteiger partial charge in [0.05, 0.1) is 12.1 Å². The van der Waals surface area contributed by atoms with Gasteiger partial charge in [0, 0.05) is 11.5 Å². The fourth-order valence-electron chi connectivity index (χ4n) is 4.82. The molecule has 0 aromatic heterocycles. The molecule has 0 aliphatic carbocycles. The van der Waals surface area contributed by atoms with Crippen molar-refractivity contribution in [2.75, 3.05) is 6.61 Å². The van der Waals surface area contributed by atoms with Gasteiger partial charge in [0.15, 0.2) is 0 Å². The largest absolute Gasteiger partial charge is 0.493 e. The van der Waals surface area contributed by atoms with E-state index in [1.807, 2.05) is 24.3 Å². The number of carboxylic acid groups (broad SMARTS) is 1. The molecular formula is C22H36N2O4. The SMILES string of the molecule is CCC1(CC)CC(COc2ccc(C[C@H](N)C(=O)O)cc2)C(CC)(CC)N1O. The Balaban J connectivity index is 2.09. The summed E-state index contributed by atoms with van der Waals surface area (Å²) in [7, 11) is 0. The quantitative estimate of drug-likeness (QED) is 0.560. The second-order valence-corrected chi connectivity index (χ2v) is 8.06. The molecule has 1 aromatic carbocycles. The molecule has 0 saturated carbocycles. The molecule has 1 aliphatic rings. The first-order valence-corrected chi connectivity index (χ1v) is 10.5. The molecule has 1 fully saturated rings. The van der Waals surface area contributed by atoms with Crippen molar-refractivity contribution in [2.45, 2.75) is 83.3 Å². The number of carboxylic acids is 1. The Hall–Kier alpha value is -1.63. The standard InChI is InChI=1S/C22H36N2O4/c1-5-21(6-2)14-17(22(7-3,8-4)24(21)27)15-28-18-11-9-16(10-12-18)13-19(23)20(25)26/h9-12,17,19,27H,5-8,13-15,23H2,1-4H3,(H,25,26)/t17?,19-/m0/s1. The Kier molecular flexibility index (Phi) is 7.48. The summed E-state index contributed by atoms with van der Waals surface area (Å²) in [6, 6.07) is 6.55. The lowest BCUT2D eigenvalue weighted by Gasteiger charge is -2.43. The predicted molar refractivity (Wildman–Crippen MR) is 110 cm³/mol. The van der Waals surface area contributed by atoms with Gasteiger partial charge < -0.3 is 20.8 Å². The Morgan fingerprint density at radius 2 is 1.75 bits per heavy atom. The number of carbonyl (C=O) groups is 1. The number of nitrogens with two attached hydrogens (primary N) is 1. The van der Waals surface area contributed by atoms with Crippen LogP contribution in [0.1, 0.15) is 65.4 Å². The molecular weight excluding hydrogens is 356 g/mol. The lowest BCUT2D eigenvalue weighted by Crippen LogP contribution is -2.53. The van der Waals surface area contributed by atoms with Crippen molar-refractivity contribution in [2.24, 2.45) is 11.7 Å². The molecule has 158 valence electrons. The van der Waals surface area contributed by atoms with Crippen molar-refractivity contribution in [3.8, 4) is 5.75 Å². The predicted octanol–water partition coefficient (Wildman–Crippen LogP) is 3.85. The van der Waals surface area contributed by atoms with Gasteiger partial charge in [0.1, 0.15) is 11.8 Å². The van der Waals surface area contributed by atoms with Gasteiger partial charge in [-0.3, -0.25) is 4.79 Å². The highest BCUT2D eigenvalue weighted by Crippen LogP contribution is 2.50. The molecule has 0 spiro atoms. The Morgan fingerprint density at radius 3 is 2.21 bits per heavy atom. The second-order valence-electron chi connectivity index (χ2n) is 8.06. The van der Waals surface area contributed by atoms with E-state index in [1.54, 1.807) is 5.06 Å². The molecule has 4 N–H and O–H groups in total. The monoisotopic (exact) mass is 392 g/mol. The zero-order chi connectivity index (χ0) is 20.9. The minimum absolute atomic E-state index is 0.184. The number of hydroxylamine groups is 2. The number of aliphatic carboxylic acids is 1. The van der Waals surface area contributed by atoms with Crippen LogP contribution in [0.5, 0.6) is 5.75 Å². The van der Waals surface area contributed by atoms with Gasteiger partial charge in [0.2, 0.25) is 0 Å². The van der Waals surface area contributed by atoms with Gasteiger partial charge in [0.25, 0.3) is 0 Å². The average Bonchev–Trinajstić information content (AvgIpc) is 2.95. The normalized spacial score (nSPS) is 22.1. The molecule has 0 bridgehead atoms. The van der Waals surface area contributed by atoms with E-state index in [9.17, 15) is 10.0 Å². The van der Waals surface area contributed by atoms with Gasteiger partial charge in [-0.25, -0.2) is 0 Å². The number of ether oxygens (including phenoxy) is 1. The fourth-order valence-corrected chi connectivity index (χ4v) is 4.82. The van der Waals surface area contributed by atoms with Crippen LogP contribution in [0.3, 0.4) is 0 Å². The lowest BCUT2D eigenvalue weighted by atomic mass is 9.80.